The lowest BCUT2D eigenvalue weighted by Gasteiger charge is -2.07. The molecular weight excluding hydrogens is 313 g/mol. The zero-order valence-corrected chi connectivity index (χ0v) is 11.6. The van der Waals surface area contributed by atoms with E-state index in [0.717, 1.165) is 0 Å². The molecule has 0 aliphatic heterocycles. The predicted molar refractivity (Wildman–Crippen MR) is 73.1 cm³/mol. The predicted octanol–water partition coefficient (Wildman–Crippen LogP) is 2.73. The monoisotopic (exact) mass is 323 g/mol. The van der Waals surface area contributed by atoms with E-state index in [1.165, 1.54) is 12.1 Å². The average Bonchev–Trinajstić information content (AvgIpc) is 2.33. The molecule has 7 nitrogen and oxygen atoms in total. The molecule has 1 N–H and O–H groups in total. The molecule has 0 aliphatic carbocycles. The van der Waals surface area contributed by atoms with Crippen molar-refractivity contribution >= 4 is 42.0 Å². The fourth-order valence-electron chi connectivity index (χ4n) is 1.37. The maximum Gasteiger partial charge on any atom is 0.303 e. The van der Waals surface area contributed by atoms with Gasteiger partial charge >= 0.3 is 5.97 Å². The molecule has 9 heteroatoms. The maximum atomic E-state index is 10.8. The van der Waals surface area contributed by atoms with E-state index >= 15 is 0 Å². The first-order valence-electron chi connectivity index (χ1n) is 5.23. The first-order chi connectivity index (χ1) is 8.95. The van der Waals surface area contributed by atoms with Gasteiger partial charge in [-0.3, -0.25) is 19.7 Å². The van der Waals surface area contributed by atoms with Crippen LogP contribution in [-0.2, 0) is 4.79 Å². The summed E-state index contributed by atoms with van der Waals surface area (Å²) in [5.41, 5.74) is -0.666. The molecule has 20 heavy (non-hydrogen) atoms. The molecular formula is C11H11Cl2NO6. The fraction of sp³-hybridized carbons (Fsp3) is 0.273. The van der Waals surface area contributed by atoms with Crippen molar-refractivity contribution in [2.24, 2.45) is 0 Å². The Kier molecular flexibility index (Phi) is 7.56. The minimum atomic E-state index is -0.945. The lowest BCUT2D eigenvalue weighted by Crippen LogP contribution is -2.03. The number of nitro benzene ring substituents is 1. The Hall–Kier alpha value is -1.86. The Morgan fingerprint density at radius 1 is 1.50 bits per heavy atom. The molecule has 0 atom stereocenters. The second-order valence-corrected chi connectivity index (χ2v) is 3.97. The molecule has 0 unspecified atom stereocenters. The number of benzene rings is 1. The highest BCUT2D eigenvalue weighted by molar-refractivity contribution is 6.33. The van der Waals surface area contributed by atoms with Gasteiger partial charge in [0.15, 0.2) is 6.29 Å². The van der Waals surface area contributed by atoms with Gasteiger partial charge in [-0.05, 0) is 12.5 Å². The number of aliphatic carboxylic acids is 1. The first-order valence-corrected chi connectivity index (χ1v) is 5.61. The molecule has 0 aromatic heterocycles. The zero-order chi connectivity index (χ0) is 14.4. The van der Waals surface area contributed by atoms with Gasteiger partial charge in [0.25, 0.3) is 5.69 Å². The molecule has 1 rings (SSSR count). The molecule has 0 bridgehead atoms. The van der Waals surface area contributed by atoms with E-state index in [9.17, 15) is 19.7 Å². The van der Waals surface area contributed by atoms with E-state index in [-0.39, 0.29) is 48.2 Å². The number of carbonyl (C=O) groups excluding carboxylic acids is 1. The summed E-state index contributed by atoms with van der Waals surface area (Å²) < 4.78 is 5.19. The van der Waals surface area contributed by atoms with Gasteiger partial charge in [0, 0.05) is 12.5 Å². The number of halogens is 2. The third-order valence-corrected chi connectivity index (χ3v) is 2.47. The Morgan fingerprint density at radius 3 is 2.65 bits per heavy atom. The Morgan fingerprint density at radius 2 is 2.15 bits per heavy atom. The van der Waals surface area contributed by atoms with Crippen molar-refractivity contribution in [1.82, 2.24) is 0 Å². The minimum Gasteiger partial charge on any atom is -0.493 e. The van der Waals surface area contributed by atoms with Gasteiger partial charge in [0.05, 0.1) is 17.1 Å². The van der Waals surface area contributed by atoms with E-state index in [2.05, 4.69) is 0 Å². The van der Waals surface area contributed by atoms with Crippen LogP contribution in [0.2, 0.25) is 5.02 Å². The van der Waals surface area contributed by atoms with Crippen LogP contribution in [-0.4, -0.2) is 28.9 Å². The highest BCUT2D eigenvalue weighted by atomic mass is 35.5. The van der Waals surface area contributed by atoms with E-state index in [1.54, 1.807) is 0 Å². The molecule has 1 aromatic carbocycles. The van der Waals surface area contributed by atoms with Gasteiger partial charge in [-0.2, -0.15) is 0 Å². The topological polar surface area (TPSA) is 107 Å². The van der Waals surface area contributed by atoms with Crippen molar-refractivity contribution in [3.8, 4) is 5.75 Å². The lowest BCUT2D eigenvalue weighted by atomic mass is 10.2. The third kappa shape index (κ3) is 5.02. The van der Waals surface area contributed by atoms with E-state index in [1.807, 2.05) is 0 Å². The van der Waals surface area contributed by atoms with Crippen LogP contribution in [0.25, 0.3) is 0 Å². The molecule has 0 aliphatic rings. The van der Waals surface area contributed by atoms with Gasteiger partial charge in [-0.25, -0.2) is 0 Å². The summed E-state index contributed by atoms with van der Waals surface area (Å²) >= 11 is 5.70. The van der Waals surface area contributed by atoms with Crippen molar-refractivity contribution in [1.29, 1.82) is 0 Å². The third-order valence-electron chi connectivity index (χ3n) is 2.18. The minimum absolute atomic E-state index is 0. The molecule has 0 saturated heterocycles. The van der Waals surface area contributed by atoms with Crippen LogP contribution < -0.4 is 4.74 Å². The summed E-state index contributed by atoms with van der Waals surface area (Å²) in [4.78, 5) is 31.0. The largest absolute Gasteiger partial charge is 0.493 e. The molecule has 0 saturated carbocycles. The smallest absolute Gasteiger partial charge is 0.303 e. The van der Waals surface area contributed by atoms with Gasteiger partial charge in [-0.1, -0.05) is 11.6 Å². The first kappa shape index (κ1) is 18.1. The molecule has 0 spiro atoms. The van der Waals surface area contributed by atoms with E-state index < -0.39 is 16.6 Å². The number of carboxylic acid groups (broad SMARTS) is 1. The number of nitrogens with zero attached hydrogens (tertiary/aromatic N) is 1. The lowest BCUT2D eigenvalue weighted by molar-refractivity contribution is -0.384. The molecule has 0 amide bonds. The molecule has 0 radical (unpaired) electrons. The summed E-state index contributed by atoms with van der Waals surface area (Å²) in [5, 5.41) is 18.9. The summed E-state index contributed by atoms with van der Waals surface area (Å²) in [6.07, 6.45) is 0.537. The number of nitro groups is 1. The van der Waals surface area contributed by atoms with Crippen LogP contribution in [0.15, 0.2) is 12.1 Å². The van der Waals surface area contributed by atoms with Gasteiger partial charge < -0.3 is 9.84 Å². The number of carbonyl (C=O) groups is 2. The Balaban J connectivity index is 0.00000361. The quantitative estimate of drug-likeness (QED) is 0.358. The van der Waals surface area contributed by atoms with Gasteiger partial charge in [-0.15, -0.1) is 12.4 Å². The number of aldehydes is 1. The molecule has 1 aromatic rings. The second kappa shape index (κ2) is 8.34. The van der Waals surface area contributed by atoms with Crippen molar-refractivity contribution in [3.63, 3.8) is 0 Å². The Bertz CT molecular complexity index is 520. The van der Waals surface area contributed by atoms with Gasteiger partial charge in [0.1, 0.15) is 10.8 Å². The van der Waals surface area contributed by atoms with Crippen molar-refractivity contribution in [2.45, 2.75) is 12.8 Å². The SMILES string of the molecule is Cl.O=Cc1cc(OCCCC(=O)O)cc(Cl)c1[N+](=O)[O-]. The summed E-state index contributed by atoms with van der Waals surface area (Å²) in [5.74, 6) is -0.762. The number of hydrogen-bond donors (Lipinski definition) is 1. The number of rotatable bonds is 7. The number of ether oxygens (including phenoxy) is 1. The second-order valence-electron chi connectivity index (χ2n) is 3.56. The highest BCUT2D eigenvalue weighted by Gasteiger charge is 2.20. The van der Waals surface area contributed by atoms with Crippen LogP contribution in [0, 0.1) is 10.1 Å². The van der Waals surface area contributed by atoms with Crippen molar-refractivity contribution < 1.29 is 24.4 Å². The van der Waals surface area contributed by atoms with E-state index in [0.29, 0.717) is 6.29 Å². The van der Waals surface area contributed by atoms with Crippen molar-refractivity contribution in [3.05, 3.63) is 32.8 Å². The fourth-order valence-corrected chi connectivity index (χ4v) is 1.66. The van der Waals surface area contributed by atoms with Crippen LogP contribution in [0.5, 0.6) is 5.75 Å². The summed E-state index contributed by atoms with van der Waals surface area (Å²) in [6.45, 7) is 0.110. The van der Waals surface area contributed by atoms with Crippen LogP contribution >= 0.6 is 24.0 Å². The normalized spacial score (nSPS) is 9.45. The maximum absolute atomic E-state index is 10.8. The average molecular weight is 324 g/mol. The molecule has 0 fully saturated rings. The zero-order valence-electron chi connectivity index (χ0n) is 10.1. The number of hydrogen-bond acceptors (Lipinski definition) is 5. The molecule has 0 heterocycles. The standard InChI is InChI=1S/C11H10ClNO6.ClH/c12-9-5-8(19-3-1-2-10(15)16)4-7(6-14)11(9)13(17)18;/h4-6H,1-3H2,(H,15,16);1H. The van der Waals surface area contributed by atoms with E-state index in [4.69, 9.17) is 21.4 Å². The number of carboxylic acids is 1. The van der Waals surface area contributed by atoms with Crippen LogP contribution in [0.3, 0.4) is 0 Å². The van der Waals surface area contributed by atoms with Crippen LogP contribution in [0.1, 0.15) is 23.2 Å². The van der Waals surface area contributed by atoms with Crippen molar-refractivity contribution in [2.75, 3.05) is 6.61 Å². The summed E-state index contributed by atoms with van der Waals surface area (Å²) in [6, 6.07) is 2.41. The Labute approximate surface area is 125 Å². The van der Waals surface area contributed by atoms with Crippen LogP contribution in [0.4, 0.5) is 5.69 Å². The summed E-state index contributed by atoms with van der Waals surface area (Å²) in [7, 11) is 0. The highest BCUT2D eigenvalue weighted by Crippen LogP contribution is 2.32. The molecule has 110 valence electrons. The van der Waals surface area contributed by atoms with Gasteiger partial charge in [0.2, 0.25) is 0 Å².